The van der Waals surface area contributed by atoms with Gasteiger partial charge in [-0.25, -0.2) is 4.79 Å². The van der Waals surface area contributed by atoms with Crippen LogP contribution in [0.3, 0.4) is 0 Å². The van der Waals surface area contributed by atoms with Crippen LogP contribution in [0.1, 0.15) is 43.0 Å². The summed E-state index contributed by atoms with van der Waals surface area (Å²) in [5.41, 5.74) is 5.89. The van der Waals surface area contributed by atoms with Crippen molar-refractivity contribution in [1.82, 2.24) is 5.32 Å². The Labute approximate surface area is 156 Å². The van der Waals surface area contributed by atoms with Crippen LogP contribution in [0.25, 0.3) is 0 Å². The van der Waals surface area contributed by atoms with Crippen LogP contribution in [0.5, 0.6) is 5.75 Å². The number of carbonyl (C=O) groups excluding carboxylic acids is 2. The third kappa shape index (κ3) is 4.98. The van der Waals surface area contributed by atoms with E-state index in [0.717, 1.165) is 17.7 Å². The highest BCUT2D eigenvalue weighted by Gasteiger charge is 2.21. The number of hydrogen-bond donors (Lipinski definition) is 3. The molecule has 138 valence electrons. The van der Waals surface area contributed by atoms with E-state index in [1.54, 1.807) is 0 Å². The summed E-state index contributed by atoms with van der Waals surface area (Å²) in [6, 6.07) is 10.1. The number of urea groups is 1. The molecular weight excluding hydrogens is 350 g/mol. The predicted octanol–water partition coefficient (Wildman–Crippen LogP) is 3.81. The Morgan fingerprint density at radius 2 is 1.96 bits per heavy atom. The van der Waals surface area contributed by atoms with Crippen LogP contribution in [0.4, 0.5) is 10.5 Å². The Morgan fingerprint density at radius 3 is 2.65 bits per heavy atom. The monoisotopic (exact) mass is 373 g/mol. The highest BCUT2D eigenvalue weighted by atomic mass is 32.1. The van der Waals surface area contributed by atoms with E-state index < -0.39 is 12.1 Å². The van der Waals surface area contributed by atoms with Gasteiger partial charge in [0.05, 0.1) is 24.3 Å². The zero-order valence-electron chi connectivity index (χ0n) is 14.4. The molecule has 0 aliphatic heterocycles. The lowest BCUT2D eigenvalue weighted by molar-refractivity contribution is -0.116. The number of hydrogen-bond acceptors (Lipinski definition) is 4. The number of primary amides is 1. The van der Waals surface area contributed by atoms with E-state index in [4.69, 9.17) is 10.5 Å². The molecule has 1 heterocycles. The largest absolute Gasteiger partial charge is 0.488 e. The molecule has 1 atom stereocenters. The van der Waals surface area contributed by atoms with E-state index in [9.17, 15) is 9.59 Å². The Bertz CT molecular complexity index is 742. The topological polar surface area (TPSA) is 93.5 Å². The number of rotatable bonds is 7. The number of nitrogens with one attached hydrogen (secondary N) is 2. The molecule has 3 amide bonds. The number of benzene rings is 1. The van der Waals surface area contributed by atoms with Crippen molar-refractivity contribution in [2.75, 3.05) is 5.32 Å². The minimum absolute atomic E-state index is 0.0984. The molecule has 0 spiro atoms. The molecule has 3 rings (SSSR count). The number of anilines is 1. The van der Waals surface area contributed by atoms with Crippen LogP contribution in [0, 0.1) is 0 Å². The van der Waals surface area contributed by atoms with Crippen LogP contribution < -0.4 is 21.1 Å². The van der Waals surface area contributed by atoms with Crippen molar-refractivity contribution in [2.24, 2.45) is 5.73 Å². The van der Waals surface area contributed by atoms with Gasteiger partial charge in [0.25, 0.3) is 0 Å². The number of carbonyl (C=O) groups is 2. The molecule has 0 saturated heterocycles. The molecule has 6 nitrogen and oxygen atoms in total. The van der Waals surface area contributed by atoms with E-state index in [1.807, 2.05) is 41.8 Å². The number of nitrogens with two attached hydrogens (primary N) is 1. The van der Waals surface area contributed by atoms with Crippen LogP contribution in [0.2, 0.25) is 0 Å². The second kappa shape index (κ2) is 8.71. The molecule has 7 heteroatoms. The van der Waals surface area contributed by atoms with Gasteiger partial charge in [-0.05, 0) is 49.3 Å². The minimum atomic E-state index is -0.652. The van der Waals surface area contributed by atoms with Crippen molar-refractivity contribution in [1.29, 1.82) is 0 Å². The van der Waals surface area contributed by atoms with Gasteiger partial charge in [-0.1, -0.05) is 18.2 Å². The van der Waals surface area contributed by atoms with Gasteiger partial charge < -0.3 is 21.1 Å². The van der Waals surface area contributed by atoms with Gasteiger partial charge in [0, 0.05) is 4.88 Å². The quantitative estimate of drug-likeness (QED) is 0.689. The molecule has 2 aromatic rings. The maximum Gasteiger partial charge on any atom is 0.312 e. The summed E-state index contributed by atoms with van der Waals surface area (Å²) in [5.74, 6) is 0.475. The van der Waals surface area contributed by atoms with Gasteiger partial charge in [-0.2, -0.15) is 0 Å². The summed E-state index contributed by atoms with van der Waals surface area (Å²) < 4.78 is 6.05. The van der Waals surface area contributed by atoms with Gasteiger partial charge in [0.2, 0.25) is 5.91 Å². The fraction of sp³-hybridized carbons (Fsp3) is 0.368. The van der Waals surface area contributed by atoms with Gasteiger partial charge >= 0.3 is 6.03 Å². The normalized spacial score (nSPS) is 15.4. The number of para-hydroxylation sites is 2. The Kier molecular flexibility index (Phi) is 6.12. The molecule has 26 heavy (non-hydrogen) atoms. The standard InChI is InChI=1S/C19H23N3O3S/c20-19(24)22-15(17-10-5-11-26-17)12-18(23)21-14-8-3-4-9-16(14)25-13-6-1-2-7-13/h3-5,8-11,13,15H,1-2,6-7,12H2,(H,21,23)(H3,20,22,24). The summed E-state index contributed by atoms with van der Waals surface area (Å²) in [4.78, 5) is 24.7. The number of thiophene rings is 1. The maximum absolute atomic E-state index is 12.5. The molecule has 1 saturated carbocycles. The van der Waals surface area contributed by atoms with E-state index >= 15 is 0 Å². The van der Waals surface area contributed by atoms with Crippen molar-refractivity contribution < 1.29 is 14.3 Å². The summed E-state index contributed by atoms with van der Waals surface area (Å²) in [6.45, 7) is 0. The van der Waals surface area contributed by atoms with Crippen molar-refractivity contribution >= 4 is 29.0 Å². The average molecular weight is 373 g/mol. The maximum atomic E-state index is 12.5. The van der Waals surface area contributed by atoms with Crippen LogP contribution in [-0.2, 0) is 4.79 Å². The third-order valence-electron chi connectivity index (χ3n) is 4.35. The minimum Gasteiger partial charge on any atom is -0.488 e. The zero-order chi connectivity index (χ0) is 18.4. The lowest BCUT2D eigenvalue weighted by Gasteiger charge is -2.19. The van der Waals surface area contributed by atoms with Crippen LogP contribution >= 0.6 is 11.3 Å². The smallest absolute Gasteiger partial charge is 0.312 e. The lowest BCUT2D eigenvalue weighted by Crippen LogP contribution is -2.34. The molecule has 0 bridgehead atoms. The summed E-state index contributed by atoms with van der Waals surface area (Å²) in [6.07, 6.45) is 4.77. The lowest BCUT2D eigenvalue weighted by atomic mass is 10.1. The molecule has 4 N–H and O–H groups in total. The number of ether oxygens (including phenoxy) is 1. The molecular formula is C19H23N3O3S. The van der Waals surface area contributed by atoms with E-state index in [2.05, 4.69) is 10.6 Å². The first-order valence-corrected chi connectivity index (χ1v) is 9.64. The van der Waals surface area contributed by atoms with Crippen molar-refractivity contribution in [2.45, 2.75) is 44.2 Å². The van der Waals surface area contributed by atoms with Crippen molar-refractivity contribution in [3.05, 3.63) is 46.7 Å². The summed E-state index contributed by atoms with van der Waals surface area (Å²) in [5, 5.41) is 7.42. The molecule has 1 aromatic carbocycles. The summed E-state index contributed by atoms with van der Waals surface area (Å²) >= 11 is 1.47. The fourth-order valence-electron chi connectivity index (χ4n) is 3.13. The highest BCUT2D eigenvalue weighted by Crippen LogP contribution is 2.30. The van der Waals surface area contributed by atoms with Crippen molar-refractivity contribution in [3.8, 4) is 5.75 Å². The van der Waals surface area contributed by atoms with Gasteiger partial charge in [0.1, 0.15) is 5.75 Å². The summed E-state index contributed by atoms with van der Waals surface area (Å²) in [7, 11) is 0. The van der Waals surface area contributed by atoms with Crippen LogP contribution in [0.15, 0.2) is 41.8 Å². The average Bonchev–Trinajstić information content (AvgIpc) is 3.29. The first-order chi connectivity index (χ1) is 12.6. The zero-order valence-corrected chi connectivity index (χ0v) is 15.3. The highest BCUT2D eigenvalue weighted by molar-refractivity contribution is 7.10. The molecule has 0 radical (unpaired) electrons. The van der Waals surface area contributed by atoms with E-state index in [1.165, 1.54) is 24.2 Å². The van der Waals surface area contributed by atoms with Gasteiger partial charge in [0.15, 0.2) is 0 Å². The fourth-order valence-corrected chi connectivity index (χ4v) is 3.91. The van der Waals surface area contributed by atoms with Crippen molar-refractivity contribution in [3.63, 3.8) is 0 Å². The SMILES string of the molecule is NC(=O)NC(CC(=O)Nc1ccccc1OC1CCCC1)c1cccs1. The molecule has 1 aliphatic rings. The molecule has 1 fully saturated rings. The van der Waals surface area contributed by atoms with Gasteiger partial charge in [-0.3, -0.25) is 4.79 Å². The predicted molar refractivity (Wildman–Crippen MR) is 102 cm³/mol. The Morgan fingerprint density at radius 1 is 1.19 bits per heavy atom. The Balaban J connectivity index is 1.66. The second-order valence-electron chi connectivity index (χ2n) is 6.35. The third-order valence-corrected chi connectivity index (χ3v) is 5.34. The number of amides is 3. The first-order valence-electron chi connectivity index (χ1n) is 8.76. The second-order valence-corrected chi connectivity index (χ2v) is 7.33. The molecule has 1 aromatic heterocycles. The Hall–Kier alpha value is -2.54. The molecule has 1 unspecified atom stereocenters. The van der Waals surface area contributed by atoms with Gasteiger partial charge in [-0.15, -0.1) is 11.3 Å². The molecule has 1 aliphatic carbocycles. The van der Waals surface area contributed by atoms with E-state index in [0.29, 0.717) is 11.4 Å². The first kappa shape index (κ1) is 18.3. The van der Waals surface area contributed by atoms with E-state index in [-0.39, 0.29) is 18.4 Å². The van der Waals surface area contributed by atoms with Crippen LogP contribution in [-0.4, -0.2) is 18.0 Å².